The Kier molecular flexibility index (Phi) is 32.1. The molecule has 4 heterocycles. The van der Waals surface area contributed by atoms with Crippen LogP contribution in [0.2, 0.25) is 0 Å². The van der Waals surface area contributed by atoms with Crippen molar-refractivity contribution in [2.75, 3.05) is 101 Å². The summed E-state index contributed by atoms with van der Waals surface area (Å²) in [6, 6.07) is -11.2. The molecule has 4 saturated heterocycles. The molecule has 2 bridgehead atoms. The number of likely N-dealkylation sites (N-methyl/N-ethyl adjacent to an activating group) is 6. The molecule has 4 aliphatic heterocycles. The van der Waals surface area contributed by atoms with E-state index < -0.39 is 230 Å². The van der Waals surface area contributed by atoms with Crippen molar-refractivity contribution in [3.8, 4) is 0 Å². The van der Waals surface area contributed by atoms with Gasteiger partial charge in [-0.05, 0) is 152 Å². The van der Waals surface area contributed by atoms with Gasteiger partial charge in [0.1, 0.15) is 72.1 Å². The molecule has 26 nitrogen and oxygen atoms in total. The predicted octanol–water partition coefficient (Wildman–Crippen LogP) is 7.52. The van der Waals surface area contributed by atoms with E-state index >= 15 is 56.7 Å². The van der Waals surface area contributed by atoms with Gasteiger partial charge in [-0.25, -0.2) is 8.78 Å². The number of morpholine rings is 1. The zero-order chi connectivity index (χ0) is 84.3. The van der Waals surface area contributed by atoms with Gasteiger partial charge in [-0.15, -0.1) is 0 Å². The van der Waals surface area contributed by atoms with Gasteiger partial charge in [0.2, 0.25) is 70.9 Å². The minimum Gasteiger partial charge on any atom is -0.378 e. The van der Waals surface area contributed by atoms with Crippen molar-refractivity contribution < 1.29 is 102 Å². The highest BCUT2D eigenvalue weighted by Crippen LogP contribution is 2.46. The molecule has 3 N–H and O–H groups in total. The third-order valence-electron chi connectivity index (χ3n) is 27.1. The zero-order valence-electron chi connectivity index (χ0n) is 68.9. The van der Waals surface area contributed by atoms with Gasteiger partial charge in [0, 0.05) is 81.5 Å². The number of rotatable bonds is 13. The number of nitrogens with zero attached hydrogens (tertiary/aromatic N) is 9. The molecule has 5 saturated carbocycles. The Bertz CT molecular complexity index is 3390. The normalized spacial score (nSPS) is 33.5. The molecule has 0 aromatic rings. The molecular formula is C81H126F8N12O14. The van der Waals surface area contributed by atoms with Crippen LogP contribution in [-0.2, 0) is 67.0 Å². The van der Waals surface area contributed by atoms with E-state index in [1.165, 1.54) is 71.7 Å². The summed E-state index contributed by atoms with van der Waals surface area (Å²) >= 11 is 0. The third kappa shape index (κ3) is 22.5. The van der Waals surface area contributed by atoms with Gasteiger partial charge < -0.3 is 69.5 Å². The van der Waals surface area contributed by atoms with E-state index in [1.807, 2.05) is 6.92 Å². The molecule has 0 radical (unpaired) electrons. The van der Waals surface area contributed by atoms with E-state index in [9.17, 15) is 35.9 Å². The number of nitrogens with one attached hydrogen (secondary N) is 3. The first kappa shape index (κ1) is 91.9. The maximum atomic E-state index is 15.9. The molecule has 0 aromatic carbocycles. The lowest BCUT2D eigenvalue weighted by Crippen LogP contribution is -2.68. The maximum absolute atomic E-state index is 15.9. The second-order valence-corrected chi connectivity index (χ2v) is 34.9. The molecule has 9 rings (SSSR count). The highest BCUT2D eigenvalue weighted by Gasteiger charge is 2.57. The van der Waals surface area contributed by atoms with E-state index in [2.05, 4.69) is 22.9 Å². The predicted molar refractivity (Wildman–Crippen MR) is 406 cm³/mol. The number of hydrogen-bond donors (Lipinski definition) is 3. The Hall–Kier alpha value is -7.00. The minimum atomic E-state index is -5.22. The van der Waals surface area contributed by atoms with E-state index in [4.69, 9.17) is 9.47 Å². The summed E-state index contributed by atoms with van der Waals surface area (Å²) in [5, 5.41) is 8.59. The molecule has 9 aliphatic rings. The van der Waals surface area contributed by atoms with Crippen molar-refractivity contribution in [1.29, 1.82) is 0 Å². The van der Waals surface area contributed by atoms with Gasteiger partial charge in [-0.2, -0.15) is 26.3 Å². The lowest BCUT2D eigenvalue weighted by Gasteiger charge is -2.47. The maximum Gasteiger partial charge on any atom is 0.397 e. The fourth-order valence-corrected chi connectivity index (χ4v) is 19.4. The first-order chi connectivity index (χ1) is 54.3. The number of carbonyl (C=O) groups is 12. The van der Waals surface area contributed by atoms with Crippen LogP contribution in [0.25, 0.3) is 0 Å². The molecule has 1 spiro atoms. The van der Waals surface area contributed by atoms with Crippen molar-refractivity contribution in [2.45, 2.75) is 292 Å². The number of halogens is 8. The largest absolute Gasteiger partial charge is 0.397 e. The van der Waals surface area contributed by atoms with Gasteiger partial charge in [-0.3, -0.25) is 57.5 Å². The lowest BCUT2D eigenvalue weighted by atomic mass is 9.74. The molecular weight excluding hydrogens is 1520 g/mol. The highest BCUT2D eigenvalue weighted by atomic mass is 19.4. The van der Waals surface area contributed by atoms with Crippen LogP contribution in [0.15, 0.2) is 0 Å². The van der Waals surface area contributed by atoms with E-state index in [-0.39, 0.29) is 123 Å². The highest BCUT2D eigenvalue weighted by molar-refractivity contribution is 6.01. The Labute approximate surface area is 671 Å². The summed E-state index contributed by atoms with van der Waals surface area (Å²) < 4.78 is 127. The average Bonchev–Trinajstić information content (AvgIpc) is 1.69. The number of carbonyl (C=O) groups excluding carboxylic acids is 12. The van der Waals surface area contributed by atoms with Crippen LogP contribution in [0.5, 0.6) is 0 Å². The van der Waals surface area contributed by atoms with Crippen LogP contribution in [-0.4, -0.2) is 301 Å². The second-order valence-electron chi connectivity index (χ2n) is 34.9. The Morgan fingerprint density at radius 3 is 1.76 bits per heavy atom. The van der Waals surface area contributed by atoms with Crippen LogP contribution < -0.4 is 16.0 Å². The molecule has 5 aliphatic carbocycles. The SMILES string of the molecule is CCO[C@@H]1C[C@H]2C(=O)NC3(CCC3)C(=O)N(C)[C@@H](C3CCCC3)C(=O)N(C)[C@H](C(=O)N3CCOCC3)CC(=O)N(C)[C@@H](CC3CCC(C)CC3)C(=O)N[C@@H]([C@@H](C)CC)C(=O)N(C)CC(=O)N(C)[C@H]3CCCCCN(C3=O)[C@@H](CC3CCC(C(F)(F)F)CC3)C(=O)N(C)CC(=O)N[C@@H](CCC3CC(F)C(C(F)(F)F)C(F)C3)C(=O)N2C1. The van der Waals surface area contributed by atoms with Crippen LogP contribution in [0.3, 0.4) is 0 Å². The first-order valence-electron chi connectivity index (χ1n) is 42.3. The van der Waals surface area contributed by atoms with Crippen molar-refractivity contribution in [3.63, 3.8) is 0 Å². The quantitative estimate of drug-likeness (QED) is 0.150. The fourth-order valence-electron chi connectivity index (χ4n) is 19.4. The lowest BCUT2D eigenvalue weighted by molar-refractivity contribution is -0.219. The standard InChI is InChI=1S/C81H126F8N12O14/c1-11-49(4)68-76(111)94(6)47-66(104)95(7)59-21-14-13-17-34-100(75(59)110)63(42-51-26-29-54(30-27-51)80(84,85)86)73(108)93(5)46-64(102)90-58(31-28-52-39-56(82)67(57(83)40-52)81(87,88)89)72(107)101-45-55(115-12-2)43-61(101)71(106)92-79(32-18-33-79)78(113)98(10)69(53-19-15-16-20-53)77(112)97(9)62(74(109)99-35-37-114-38-36-99)44-65(103)96(8)60(70(105)91-68)41-50-24-22-48(3)23-25-50/h48-63,67-69H,11-47H2,1-10H3,(H,90,102)(H,91,105)(H,92,106)/t48?,49-,50?,51?,52?,54?,55+,56?,57?,58-,59-,60-,61-,62-,63-,67?,68-,69-/m0/s1. The Morgan fingerprint density at radius 2 is 1.17 bits per heavy atom. The molecule has 2 unspecified atom stereocenters. The van der Waals surface area contributed by atoms with Crippen LogP contribution >= 0.6 is 0 Å². The third-order valence-corrected chi connectivity index (χ3v) is 27.1. The van der Waals surface area contributed by atoms with Crippen molar-refractivity contribution in [1.82, 2.24) is 60.0 Å². The summed E-state index contributed by atoms with van der Waals surface area (Å²) in [5.74, 6) is -16.0. The Morgan fingerprint density at radius 1 is 0.574 bits per heavy atom. The fraction of sp³-hybridized carbons (Fsp3) is 0.852. The number of fused-ring (bicyclic) bond motifs is 3. The molecule has 0 aromatic heterocycles. The van der Waals surface area contributed by atoms with Crippen LogP contribution in [0.1, 0.15) is 207 Å². The number of hydrogen-bond acceptors (Lipinski definition) is 14. The van der Waals surface area contributed by atoms with Crippen LogP contribution in [0, 0.1) is 47.3 Å². The zero-order valence-corrected chi connectivity index (χ0v) is 68.9. The van der Waals surface area contributed by atoms with Crippen molar-refractivity contribution >= 4 is 70.9 Å². The minimum absolute atomic E-state index is 0.00972. The van der Waals surface area contributed by atoms with Crippen molar-refractivity contribution in [2.24, 2.45) is 47.3 Å². The number of alkyl halides is 8. The van der Waals surface area contributed by atoms with E-state index in [0.29, 0.717) is 63.7 Å². The van der Waals surface area contributed by atoms with Gasteiger partial charge in [0.25, 0.3) is 0 Å². The first-order valence-corrected chi connectivity index (χ1v) is 42.3. The van der Waals surface area contributed by atoms with Gasteiger partial charge >= 0.3 is 12.4 Å². The van der Waals surface area contributed by atoms with Gasteiger partial charge in [0.15, 0.2) is 0 Å². The monoisotopic (exact) mass is 1640 g/mol. The summed E-state index contributed by atoms with van der Waals surface area (Å²) in [4.78, 5) is 196. The Balaban J connectivity index is 1.12. The van der Waals surface area contributed by atoms with E-state index in [1.54, 1.807) is 13.8 Å². The number of ether oxygens (including phenoxy) is 2. The van der Waals surface area contributed by atoms with Crippen molar-refractivity contribution in [3.05, 3.63) is 0 Å². The molecule has 12 amide bonds. The summed E-state index contributed by atoms with van der Waals surface area (Å²) in [7, 11) is 8.25. The molecule has 115 heavy (non-hydrogen) atoms. The summed E-state index contributed by atoms with van der Waals surface area (Å²) in [6.07, 6.45) is -11.9. The smallest absolute Gasteiger partial charge is 0.378 e. The summed E-state index contributed by atoms with van der Waals surface area (Å²) in [5.41, 5.74) is -1.70. The molecule has 12 atom stereocenters. The summed E-state index contributed by atoms with van der Waals surface area (Å²) in [6.45, 7) is 6.13. The molecule has 34 heteroatoms. The van der Waals surface area contributed by atoms with Gasteiger partial charge in [0.05, 0.1) is 44.7 Å². The average molecular weight is 1640 g/mol. The van der Waals surface area contributed by atoms with E-state index in [0.717, 1.165) is 40.4 Å². The number of amides is 12. The van der Waals surface area contributed by atoms with Crippen LogP contribution in [0.4, 0.5) is 35.1 Å². The second kappa shape index (κ2) is 40.2. The molecule has 650 valence electrons. The molecule has 9 fully saturated rings. The topological polar surface area (TPSA) is 289 Å². The van der Waals surface area contributed by atoms with Gasteiger partial charge in [-0.1, -0.05) is 78.6 Å².